The van der Waals surface area contributed by atoms with Gasteiger partial charge in [0.15, 0.2) is 11.5 Å². The minimum atomic E-state index is -0.140. The van der Waals surface area contributed by atoms with Crippen LogP contribution in [-0.2, 0) is 4.79 Å². The molecule has 1 aromatic carbocycles. The second kappa shape index (κ2) is 3.65. The summed E-state index contributed by atoms with van der Waals surface area (Å²) in [6, 6.07) is 5.25. The predicted octanol–water partition coefficient (Wildman–Crippen LogP) is 0.467. The van der Waals surface area contributed by atoms with Crippen molar-refractivity contribution in [2.75, 3.05) is 18.2 Å². The number of carbonyl (C=O) groups is 1. The summed E-state index contributed by atoms with van der Waals surface area (Å²) in [5, 5.41) is 5.26. The van der Waals surface area contributed by atoms with Crippen LogP contribution in [0.1, 0.15) is 6.42 Å². The van der Waals surface area contributed by atoms with Crippen molar-refractivity contribution in [1.82, 2.24) is 0 Å². The number of hydrogen-bond acceptors (Lipinski definition) is 5. The molecule has 0 bridgehead atoms. The highest BCUT2D eigenvalue weighted by atomic mass is 16.6. The van der Waals surface area contributed by atoms with Crippen molar-refractivity contribution in [2.24, 2.45) is 10.8 Å². The zero-order chi connectivity index (χ0) is 11.8. The molecule has 3 rings (SSSR count). The molecule has 6 heteroatoms. The number of nitrogens with two attached hydrogens (primary N) is 1. The molecular formula is C11H11N3O3. The first-order chi connectivity index (χ1) is 8.24. The molecule has 2 N–H and O–H groups in total. The molecule has 0 aromatic heterocycles. The summed E-state index contributed by atoms with van der Waals surface area (Å²) < 4.78 is 10.8. The van der Waals surface area contributed by atoms with E-state index in [0.717, 1.165) is 0 Å². The Kier molecular flexibility index (Phi) is 2.14. The Bertz CT molecular complexity index is 513. The van der Waals surface area contributed by atoms with Gasteiger partial charge in [-0.25, -0.2) is 0 Å². The lowest BCUT2D eigenvalue weighted by atomic mass is 10.2. The molecule has 0 saturated heterocycles. The predicted molar refractivity (Wildman–Crippen MR) is 61.2 cm³/mol. The zero-order valence-corrected chi connectivity index (χ0v) is 9.05. The summed E-state index contributed by atoms with van der Waals surface area (Å²) >= 11 is 0. The average molecular weight is 233 g/mol. The number of amides is 1. The molecule has 2 aliphatic rings. The molecule has 0 radical (unpaired) electrons. The Labute approximate surface area is 97.6 Å². The fourth-order valence-corrected chi connectivity index (χ4v) is 1.81. The van der Waals surface area contributed by atoms with Gasteiger partial charge in [-0.3, -0.25) is 4.79 Å². The third-order valence-electron chi connectivity index (χ3n) is 2.57. The molecule has 0 unspecified atom stereocenters. The second-order valence-electron chi connectivity index (χ2n) is 3.80. The van der Waals surface area contributed by atoms with Gasteiger partial charge in [0, 0.05) is 6.07 Å². The van der Waals surface area contributed by atoms with Crippen LogP contribution in [0.3, 0.4) is 0 Å². The molecule has 0 saturated carbocycles. The van der Waals surface area contributed by atoms with Crippen molar-refractivity contribution in [3.63, 3.8) is 0 Å². The van der Waals surface area contributed by atoms with Crippen LogP contribution < -0.4 is 20.2 Å². The monoisotopic (exact) mass is 233 g/mol. The Morgan fingerprint density at radius 1 is 1.24 bits per heavy atom. The molecule has 0 aliphatic carbocycles. The summed E-state index contributed by atoms with van der Waals surface area (Å²) in [6.07, 6.45) is 0.161. The molecule has 0 atom stereocenters. The number of carbonyl (C=O) groups excluding carboxylic acids is 1. The topological polar surface area (TPSA) is 77.2 Å². The normalized spacial score (nSPS) is 18.2. The van der Waals surface area contributed by atoms with Gasteiger partial charge in [-0.05, 0) is 12.1 Å². The molecule has 2 heterocycles. The van der Waals surface area contributed by atoms with Gasteiger partial charge in [0.2, 0.25) is 0 Å². The molecule has 0 fully saturated rings. The van der Waals surface area contributed by atoms with Crippen molar-refractivity contribution >= 4 is 17.4 Å². The fourth-order valence-electron chi connectivity index (χ4n) is 1.81. The number of fused-ring (bicyclic) bond motifs is 1. The number of ether oxygens (including phenoxy) is 2. The summed E-state index contributed by atoms with van der Waals surface area (Å²) in [5.74, 6) is 1.50. The standard InChI is InChI=1S/C11H11N3O3/c12-10-6-11(15)14(13-10)7-1-2-8-9(5-7)17-4-3-16-8/h1-2,5H,3-4,6H2,(H2,12,13). The zero-order valence-electron chi connectivity index (χ0n) is 9.05. The van der Waals surface area contributed by atoms with E-state index < -0.39 is 0 Å². The molecule has 1 aromatic rings. The van der Waals surface area contributed by atoms with E-state index in [2.05, 4.69) is 5.10 Å². The summed E-state index contributed by atoms with van der Waals surface area (Å²) in [5.41, 5.74) is 6.16. The Hall–Kier alpha value is -2.24. The van der Waals surface area contributed by atoms with E-state index in [1.165, 1.54) is 5.01 Å². The SMILES string of the molecule is NC1=NN(c2ccc3c(c2)OCCO3)C(=O)C1. The van der Waals surface area contributed by atoms with E-state index in [4.69, 9.17) is 15.2 Å². The molecule has 6 nitrogen and oxygen atoms in total. The molecule has 88 valence electrons. The van der Waals surface area contributed by atoms with Gasteiger partial charge in [-0.15, -0.1) is 0 Å². The van der Waals surface area contributed by atoms with Crippen LogP contribution in [0.25, 0.3) is 0 Å². The van der Waals surface area contributed by atoms with E-state index in [1.807, 2.05) is 0 Å². The number of hydrogen-bond donors (Lipinski definition) is 1. The molecule has 1 amide bonds. The summed E-state index contributed by atoms with van der Waals surface area (Å²) in [6.45, 7) is 1.05. The van der Waals surface area contributed by atoms with Crippen molar-refractivity contribution in [3.8, 4) is 11.5 Å². The number of rotatable bonds is 1. The molecule has 2 aliphatic heterocycles. The maximum Gasteiger partial charge on any atom is 0.255 e. The highest BCUT2D eigenvalue weighted by molar-refractivity contribution is 6.11. The molecule has 0 spiro atoms. The highest BCUT2D eigenvalue weighted by Crippen LogP contribution is 2.34. The number of amidine groups is 1. The maximum atomic E-state index is 11.6. The van der Waals surface area contributed by atoms with Crippen LogP contribution in [0.5, 0.6) is 11.5 Å². The van der Waals surface area contributed by atoms with Gasteiger partial charge >= 0.3 is 0 Å². The first kappa shape index (κ1) is 9.95. The third-order valence-corrected chi connectivity index (χ3v) is 2.57. The summed E-state index contributed by atoms with van der Waals surface area (Å²) in [7, 11) is 0. The number of benzene rings is 1. The van der Waals surface area contributed by atoms with E-state index in [9.17, 15) is 4.79 Å². The first-order valence-electron chi connectivity index (χ1n) is 5.29. The van der Waals surface area contributed by atoms with Crippen LogP contribution >= 0.6 is 0 Å². The Morgan fingerprint density at radius 3 is 2.71 bits per heavy atom. The molecular weight excluding hydrogens is 222 g/mol. The second-order valence-corrected chi connectivity index (χ2v) is 3.80. The number of anilines is 1. The van der Waals surface area contributed by atoms with E-state index in [-0.39, 0.29) is 12.3 Å². The average Bonchev–Trinajstić information content (AvgIpc) is 2.68. The van der Waals surface area contributed by atoms with Crippen LogP contribution in [0.4, 0.5) is 5.69 Å². The van der Waals surface area contributed by atoms with Gasteiger partial charge < -0.3 is 15.2 Å². The van der Waals surface area contributed by atoms with E-state index in [1.54, 1.807) is 18.2 Å². The number of nitrogens with zero attached hydrogens (tertiary/aromatic N) is 2. The quantitative estimate of drug-likeness (QED) is 0.764. The Balaban J connectivity index is 1.96. The van der Waals surface area contributed by atoms with Gasteiger partial charge in [-0.1, -0.05) is 0 Å². The van der Waals surface area contributed by atoms with Gasteiger partial charge in [-0.2, -0.15) is 10.1 Å². The van der Waals surface area contributed by atoms with Crippen LogP contribution in [0.15, 0.2) is 23.3 Å². The lowest BCUT2D eigenvalue weighted by molar-refractivity contribution is -0.116. The van der Waals surface area contributed by atoms with E-state index >= 15 is 0 Å². The van der Waals surface area contributed by atoms with Crippen LogP contribution in [-0.4, -0.2) is 25.0 Å². The third kappa shape index (κ3) is 1.67. The van der Waals surface area contributed by atoms with Gasteiger partial charge in [0.25, 0.3) is 5.91 Å². The lowest BCUT2D eigenvalue weighted by Gasteiger charge is -2.20. The largest absolute Gasteiger partial charge is 0.486 e. The first-order valence-corrected chi connectivity index (χ1v) is 5.29. The van der Waals surface area contributed by atoms with Gasteiger partial charge in [0.1, 0.15) is 19.0 Å². The Morgan fingerprint density at radius 2 is 2.00 bits per heavy atom. The van der Waals surface area contributed by atoms with Crippen LogP contribution in [0.2, 0.25) is 0 Å². The molecule has 17 heavy (non-hydrogen) atoms. The van der Waals surface area contributed by atoms with E-state index in [0.29, 0.717) is 36.2 Å². The van der Waals surface area contributed by atoms with Crippen molar-refractivity contribution in [2.45, 2.75) is 6.42 Å². The minimum Gasteiger partial charge on any atom is -0.486 e. The summed E-state index contributed by atoms with van der Waals surface area (Å²) in [4.78, 5) is 11.6. The number of hydrazone groups is 1. The van der Waals surface area contributed by atoms with Crippen molar-refractivity contribution in [1.29, 1.82) is 0 Å². The van der Waals surface area contributed by atoms with Gasteiger partial charge in [0.05, 0.1) is 12.1 Å². The maximum absolute atomic E-state index is 11.6. The van der Waals surface area contributed by atoms with Crippen molar-refractivity contribution in [3.05, 3.63) is 18.2 Å². The smallest absolute Gasteiger partial charge is 0.255 e. The van der Waals surface area contributed by atoms with Crippen LogP contribution in [0, 0.1) is 0 Å². The highest BCUT2D eigenvalue weighted by Gasteiger charge is 2.24. The minimum absolute atomic E-state index is 0.140. The lowest BCUT2D eigenvalue weighted by Crippen LogP contribution is -2.20. The van der Waals surface area contributed by atoms with Crippen molar-refractivity contribution < 1.29 is 14.3 Å². The fraction of sp³-hybridized carbons (Fsp3) is 0.273.